The summed E-state index contributed by atoms with van der Waals surface area (Å²) >= 11 is 0. The Morgan fingerprint density at radius 1 is 1.04 bits per heavy atom. The number of anilines is 2. The molecule has 116 valence electrons. The van der Waals surface area contributed by atoms with Gasteiger partial charge in [-0.2, -0.15) is 0 Å². The number of rotatable bonds is 2. The van der Waals surface area contributed by atoms with Crippen molar-refractivity contribution in [2.24, 2.45) is 0 Å². The summed E-state index contributed by atoms with van der Waals surface area (Å²) in [5.41, 5.74) is 10.8. The SMILES string of the molecule is Nc1cc(-c2cncc(N3CCOCC3)c2)nc2ccccc12. The quantitative estimate of drug-likeness (QED) is 0.788. The Morgan fingerprint density at radius 3 is 2.74 bits per heavy atom. The third kappa shape index (κ3) is 2.71. The Morgan fingerprint density at radius 2 is 1.87 bits per heavy atom. The van der Waals surface area contributed by atoms with Gasteiger partial charge in [0, 0.05) is 35.9 Å². The van der Waals surface area contributed by atoms with E-state index >= 15 is 0 Å². The maximum absolute atomic E-state index is 6.19. The minimum atomic E-state index is 0.738. The largest absolute Gasteiger partial charge is 0.398 e. The summed E-state index contributed by atoms with van der Waals surface area (Å²) in [5, 5.41) is 0.980. The van der Waals surface area contributed by atoms with Gasteiger partial charge < -0.3 is 15.4 Å². The lowest BCUT2D eigenvalue weighted by atomic mass is 10.1. The maximum Gasteiger partial charge on any atom is 0.0746 e. The number of pyridine rings is 2. The molecular weight excluding hydrogens is 288 g/mol. The van der Waals surface area contributed by atoms with E-state index in [0.717, 1.165) is 59.8 Å². The van der Waals surface area contributed by atoms with Gasteiger partial charge in [-0.25, -0.2) is 4.98 Å². The number of aromatic nitrogens is 2. The van der Waals surface area contributed by atoms with Crippen molar-refractivity contribution in [3.8, 4) is 11.3 Å². The molecule has 0 bridgehead atoms. The molecule has 0 saturated carbocycles. The van der Waals surface area contributed by atoms with Crippen LogP contribution in [0.15, 0.2) is 48.8 Å². The molecule has 3 heterocycles. The smallest absolute Gasteiger partial charge is 0.0746 e. The van der Waals surface area contributed by atoms with Crippen LogP contribution in [0.25, 0.3) is 22.2 Å². The Balaban J connectivity index is 1.75. The first kappa shape index (κ1) is 14.0. The molecule has 0 radical (unpaired) electrons. The molecule has 1 aliphatic rings. The van der Waals surface area contributed by atoms with Gasteiger partial charge in [-0.05, 0) is 18.2 Å². The summed E-state index contributed by atoms with van der Waals surface area (Å²) in [5.74, 6) is 0. The summed E-state index contributed by atoms with van der Waals surface area (Å²) in [6.45, 7) is 3.29. The van der Waals surface area contributed by atoms with Gasteiger partial charge in [-0.3, -0.25) is 4.98 Å². The van der Waals surface area contributed by atoms with E-state index in [1.807, 2.05) is 42.7 Å². The van der Waals surface area contributed by atoms with Crippen molar-refractivity contribution in [3.05, 3.63) is 48.8 Å². The lowest BCUT2D eigenvalue weighted by Crippen LogP contribution is -2.36. The third-order valence-electron chi connectivity index (χ3n) is 4.14. The highest BCUT2D eigenvalue weighted by Gasteiger charge is 2.13. The molecule has 4 rings (SSSR count). The van der Waals surface area contributed by atoms with Crippen LogP contribution >= 0.6 is 0 Å². The van der Waals surface area contributed by atoms with Gasteiger partial charge in [0.05, 0.1) is 36.3 Å². The van der Waals surface area contributed by atoms with Crippen LogP contribution < -0.4 is 10.6 Å². The first-order valence-electron chi connectivity index (χ1n) is 7.75. The first-order valence-corrected chi connectivity index (χ1v) is 7.75. The van der Waals surface area contributed by atoms with E-state index in [9.17, 15) is 0 Å². The van der Waals surface area contributed by atoms with Crippen LogP contribution in [0.4, 0.5) is 11.4 Å². The molecule has 1 fully saturated rings. The van der Waals surface area contributed by atoms with Gasteiger partial charge in [0.15, 0.2) is 0 Å². The molecule has 0 spiro atoms. The highest BCUT2D eigenvalue weighted by molar-refractivity contribution is 5.92. The second-order valence-electron chi connectivity index (χ2n) is 5.65. The second kappa shape index (κ2) is 5.85. The van der Waals surface area contributed by atoms with Gasteiger partial charge in [0.1, 0.15) is 0 Å². The lowest BCUT2D eigenvalue weighted by Gasteiger charge is -2.28. The van der Waals surface area contributed by atoms with Gasteiger partial charge in [0.25, 0.3) is 0 Å². The molecule has 2 N–H and O–H groups in total. The van der Waals surface area contributed by atoms with E-state index in [0.29, 0.717) is 0 Å². The number of ether oxygens (including phenoxy) is 1. The molecule has 2 aromatic heterocycles. The zero-order valence-corrected chi connectivity index (χ0v) is 12.8. The molecule has 0 aliphatic carbocycles. The highest BCUT2D eigenvalue weighted by Crippen LogP contribution is 2.28. The van der Waals surface area contributed by atoms with Crippen molar-refractivity contribution < 1.29 is 4.74 Å². The fourth-order valence-electron chi connectivity index (χ4n) is 2.91. The number of para-hydroxylation sites is 1. The van der Waals surface area contributed by atoms with Crippen LogP contribution in [0, 0.1) is 0 Å². The van der Waals surface area contributed by atoms with Crippen LogP contribution in [-0.4, -0.2) is 36.3 Å². The highest BCUT2D eigenvalue weighted by atomic mass is 16.5. The van der Waals surface area contributed by atoms with Gasteiger partial charge >= 0.3 is 0 Å². The molecule has 3 aromatic rings. The van der Waals surface area contributed by atoms with E-state index in [2.05, 4.69) is 16.0 Å². The monoisotopic (exact) mass is 306 g/mol. The molecular formula is C18H18N4O. The number of nitrogens with two attached hydrogens (primary N) is 1. The van der Waals surface area contributed by atoms with Gasteiger partial charge in [-0.15, -0.1) is 0 Å². The Labute approximate surface area is 134 Å². The molecule has 0 amide bonds. The van der Waals surface area contributed by atoms with E-state index < -0.39 is 0 Å². The number of fused-ring (bicyclic) bond motifs is 1. The van der Waals surface area contributed by atoms with Gasteiger partial charge in [-0.1, -0.05) is 18.2 Å². The molecule has 0 atom stereocenters. The van der Waals surface area contributed by atoms with Crippen molar-refractivity contribution in [1.29, 1.82) is 0 Å². The van der Waals surface area contributed by atoms with Crippen LogP contribution in [0.2, 0.25) is 0 Å². The Hall–Kier alpha value is -2.66. The Bertz CT molecular complexity index is 843. The topological polar surface area (TPSA) is 64.3 Å². The van der Waals surface area contributed by atoms with Crippen LogP contribution in [0.5, 0.6) is 0 Å². The molecule has 23 heavy (non-hydrogen) atoms. The lowest BCUT2D eigenvalue weighted by molar-refractivity contribution is 0.122. The predicted molar refractivity (Wildman–Crippen MR) is 92.4 cm³/mol. The van der Waals surface area contributed by atoms with Crippen molar-refractivity contribution in [1.82, 2.24) is 9.97 Å². The number of nitrogens with zero attached hydrogens (tertiary/aromatic N) is 3. The van der Waals surface area contributed by atoms with E-state index in [1.54, 1.807) is 0 Å². The molecule has 1 saturated heterocycles. The molecule has 5 heteroatoms. The predicted octanol–water partition coefficient (Wildman–Crippen LogP) is 2.72. The number of hydrogen-bond acceptors (Lipinski definition) is 5. The van der Waals surface area contributed by atoms with Crippen molar-refractivity contribution in [3.63, 3.8) is 0 Å². The minimum absolute atomic E-state index is 0.738. The summed E-state index contributed by atoms with van der Waals surface area (Å²) in [6, 6.07) is 12.0. The molecule has 1 aliphatic heterocycles. The standard InChI is InChI=1S/C18H18N4O/c19-16-10-18(21-17-4-2-1-3-15(16)17)13-9-14(12-20-11-13)22-5-7-23-8-6-22/h1-4,9-12H,5-8H2,(H2,19,21). The summed E-state index contributed by atoms with van der Waals surface area (Å²) in [6.07, 6.45) is 3.72. The summed E-state index contributed by atoms with van der Waals surface area (Å²) < 4.78 is 5.41. The molecule has 5 nitrogen and oxygen atoms in total. The van der Waals surface area contributed by atoms with Crippen LogP contribution in [-0.2, 0) is 4.74 Å². The zero-order valence-electron chi connectivity index (χ0n) is 12.8. The van der Waals surface area contributed by atoms with E-state index in [-0.39, 0.29) is 0 Å². The number of nitrogen functional groups attached to an aromatic ring is 1. The second-order valence-corrected chi connectivity index (χ2v) is 5.65. The average Bonchev–Trinajstić information content (AvgIpc) is 2.62. The van der Waals surface area contributed by atoms with Crippen molar-refractivity contribution >= 4 is 22.3 Å². The average molecular weight is 306 g/mol. The molecule has 1 aromatic carbocycles. The van der Waals surface area contributed by atoms with Gasteiger partial charge in [0.2, 0.25) is 0 Å². The first-order chi connectivity index (χ1) is 11.3. The minimum Gasteiger partial charge on any atom is -0.398 e. The summed E-state index contributed by atoms with van der Waals surface area (Å²) in [4.78, 5) is 11.4. The van der Waals surface area contributed by atoms with Crippen LogP contribution in [0.1, 0.15) is 0 Å². The third-order valence-corrected chi connectivity index (χ3v) is 4.14. The number of benzene rings is 1. The Kier molecular flexibility index (Phi) is 3.55. The van der Waals surface area contributed by atoms with Crippen molar-refractivity contribution in [2.75, 3.05) is 36.9 Å². The van der Waals surface area contributed by atoms with Crippen LogP contribution in [0.3, 0.4) is 0 Å². The van der Waals surface area contributed by atoms with Crippen molar-refractivity contribution in [2.45, 2.75) is 0 Å². The number of hydrogen-bond donors (Lipinski definition) is 1. The number of morpholine rings is 1. The summed E-state index contributed by atoms with van der Waals surface area (Å²) in [7, 11) is 0. The fourth-order valence-corrected chi connectivity index (χ4v) is 2.91. The normalized spacial score (nSPS) is 15.0. The fraction of sp³-hybridized carbons (Fsp3) is 0.222. The maximum atomic E-state index is 6.19. The van der Waals surface area contributed by atoms with E-state index in [1.165, 1.54) is 0 Å². The molecule has 0 unspecified atom stereocenters. The zero-order chi connectivity index (χ0) is 15.6. The van der Waals surface area contributed by atoms with E-state index in [4.69, 9.17) is 15.5 Å².